The normalized spacial score (nSPS) is 26.4. The molecule has 1 saturated heterocycles. The van der Waals surface area contributed by atoms with Crippen LogP contribution in [0.1, 0.15) is 18.5 Å². The summed E-state index contributed by atoms with van der Waals surface area (Å²) in [7, 11) is 1.41. The number of rotatable bonds is 4. The van der Waals surface area contributed by atoms with Crippen molar-refractivity contribution in [1.82, 2.24) is 10.6 Å². The van der Waals surface area contributed by atoms with Crippen LogP contribution in [-0.2, 0) is 9.53 Å². The molecule has 0 spiro atoms. The first kappa shape index (κ1) is 18.8. The Morgan fingerprint density at radius 1 is 1.32 bits per heavy atom. The number of methoxy groups -OCH3 is 1. The molecular formula is C15H17F3N2O5. The van der Waals surface area contributed by atoms with Gasteiger partial charge in [0.15, 0.2) is 0 Å². The van der Waals surface area contributed by atoms with E-state index in [2.05, 4.69) is 10.1 Å². The highest BCUT2D eigenvalue weighted by atomic mass is 19.4. The molecule has 2 rings (SSSR count). The highest BCUT2D eigenvalue weighted by molar-refractivity contribution is 5.83. The van der Waals surface area contributed by atoms with Crippen molar-refractivity contribution in [3.05, 3.63) is 29.8 Å². The van der Waals surface area contributed by atoms with Gasteiger partial charge in [-0.05, 0) is 24.6 Å². The minimum atomic E-state index is -5.30. The number of hydrogen-bond acceptors (Lipinski definition) is 5. The summed E-state index contributed by atoms with van der Waals surface area (Å²) in [6.45, 7) is 1.23. The van der Waals surface area contributed by atoms with Gasteiger partial charge in [0.25, 0.3) is 5.72 Å². The van der Waals surface area contributed by atoms with Gasteiger partial charge in [0.05, 0.1) is 19.8 Å². The lowest BCUT2D eigenvalue weighted by Gasteiger charge is -2.44. The van der Waals surface area contributed by atoms with Crippen molar-refractivity contribution in [1.29, 1.82) is 0 Å². The number of aliphatic hydroxyl groups is 1. The average molecular weight is 362 g/mol. The fraction of sp³-hybridized carbons (Fsp3) is 0.467. The van der Waals surface area contributed by atoms with Crippen molar-refractivity contribution in [2.75, 3.05) is 13.7 Å². The standard InChI is InChI=1S/C15H17F3N2O5/c1-3-25-12(21)10-11(8-4-6-9(24-2)7-5-8)19-13(22)20-14(10,23)15(16,17)18/h4-7,10-11,23H,3H2,1-2H3,(H2,19,20,22)/t10-,11+,14-/m0/s1. The largest absolute Gasteiger partial charge is 0.497 e. The van der Waals surface area contributed by atoms with Crippen molar-refractivity contribution >= 4 is 12.0 Å². The maximum absolute atomic E-state index is 13.4. The van der Waals surface area contributed by atoms with E-state index in [1.54, 1.807) is 0 Å². The van der Waals surface area contributed by atoms with Crippen LogP contribution < -0.4 is 15.4 Å². The van der Waals surface area contributed by atoms with Gasteiger partial charge in [0, 0.05) is 0 Å². The van der Waals surface area contributed by atoms with Crippen molar-refractivity contribution in [2.45, 2.75) is 24.9 Å². The molecule has 1 fully saturated rings. The number of ether oxygens (including phenoxy) is 2. The summed E-state index contributed by atoms with van der Waals surface area (Å²) in [5.74, 6) is -3.00. The minimum Gasteiger partial charge on any atom is -0.497 e. The molecule has 0 aliphatic carbocycles. The Morgan fingerprint density at radius 3 is 2.40 bits per heavy atom. The molecule has 1 aromatic rings. The fourth-order valence-electron chi connectivity index (χ4n) is 2.63. The van der Waals surface area contributed by atoms with Gasteiger partial charge in [0.1, 0.15) is 11.7 Å². The third-order valence-electron chi connectivity index (χ3n) is 3.82. The quantitative estimate of drug-likeness (QED) is 0.705. The van der Waals surface area contributed by atoms with Crippen LogP contribution in [0, 0.1) is 5.92 Å². The van der Waals surface area contributed by atoms with Crippen molar-refractivity contribution in [2.24, 2.45) is 5.92 Å². The molecule has 1 heterocycles. The van der Waals surface area contributed by atoms with E-state index in [9.17, 15) is 27.9 Å². The molecule has 3 N–H and O–H groups in total. The van der Waals surface area contributed by atoms with E-state index in [-0.39, 0.29) is 12.2 Å². The molecule has 138 valence electrons. The summed E-state index contributed by atoms with van der Waals surface area (Å²) in [6.07, 6.45) is -5.30. The maximum Gasteiger partial charge on any atom is 0.437 e. The lowest BCUT2D eigenvalue weighted by Crippen LogP contribution is -2.73. The molecule has 1 aromatic carbocycles. The fourth-order valence-corrected chi connectivity index (χ4v) is 2.63. The number of carbonyl (C=O) groups is 2. The van der Waals surface area contributed by atoms with Gasteiger partial charge >= 0.3 is 18.2 Å². The van der Waals surface area contributed by atoms with E-state index in [0.29, 0.717) is 5.75 Å². The molecule has 25 heavy (non-hydrogen) atoms. The molecule has 1 aliphatic rings. The third kappa shape index (κ3) is 3.48. The SMILES string of the molecule is CCOC(=O)[C@@H]1[C@@H](c2ccc(OC)cc2)NC(=O)N[C@@]1(O)C(F)(F)F. The Kier molecular flexibility index (Phi) is 5.12. The summed E-state index contributed by atoms with van der Waals surface area (Å²) in [6, 6.07) is 2.97. The topological polar surface area (TPSA) is 96.9 Å². The van der Waals surface area contributed by atoms with Crippen molar-refractivity contribution < 1.29 is 37.3 Å². The van der Waals surface area contributed by atoms with Gasteiger partial charge in [-0.15, -0.1) is 0 Å². The van der Waals surface area contributed by atoms with Crippen LogP contribution >= 0.6 is 0 Å². The first-order valence-electron chi connectivity index (χ1n) is 7.32. The van der Waals surface area contributed by atoms with E-state index >= 15 is 0 Å². The summed E-state index contributed by atoms with van der Waals surface area (Å²) in [5, 5.41) is 13.8. The minimum absolute atomic E-state index is 0.177. The smallest absolute Gasteiger partial charge is 0.437 e. The van der Waals surface area contributed by atoms with Crippen LogP contribution in [0.4, 0.5) is 18.0 Å². The maximum atomic E-state index is 13.4. The number of halogens is 3. The Hall–Kier alpha value is -2.49. The predicted molar refractivity (Wildman–Crippen MR) is 78.5 cm³/mol. The molecule has 2 amide bonds. The molecule has 0 radical (unpaired) electrons. The molecule has 0 aromatic heterocycles. The van der Waals surface area contributed by atoms with Crippen LogP contribution in [0.5, 0.6) is 5.75 Å². The van der Waals surface area contributed by atoms with E-state index < -0.39 is 35.9 Å². The van der Waals surface area contributed by atoms with Gasteiger partial charge < -0.3 is 25.2 Å². The first-order chi connectivity index (χ1) is 11.6. The van der Waals surface area contributed by atoms with Crippen LogP contribution in [0.2, 0.25) is 0 Å². The number of urea groups is 1. The zero-order chi connectivity index (χ0) is 18.8. The van der Waals surface area contributed by atoms with Gasteiger partial charge in [-0.2, -0.15) is 13.2 Å². The van der Waals surface area contributed by atoms with Gasteiger partial charge in [-0.25, -0.2) is 4.79 Å². The number of alkyl halides is 3. The van der Waals surface area contributed by atoms with E-state index in [1.165, 1.54) is 43.6 Å². The molecular weight excluding hydrogens is 345 g/mol. The first-order valence-corrected chi connectivity index (χ1v) is 7.32. The summed E-state index contributed by atoms with van der Waals surface area (Å²) >= 11 is 0. The predicted octanol–water partition coefficient (Wildman–Crippen LogP) is 1.48. The Bertz CT molecular complexity index is 650. The Morgan fingerprint density at radius 2 is 1.92 bits per heavy atom. The average Bonchev–Trinajstić information content (AvgIpc) is 2.53. The number of nitrogens with one attached hydrogen (secondary N) is 2. The van der Waals surface area contributed by atoms with E-state index in [4.69, 9.17) is 4.74 Å². The Balaban J connectivity index is 2.53. The van der Waals surface area contributed by atoms with Gasteiger partial charge in [-0.1, -0.05) is 12.1 Å². The summed E-state index contributed by atoms with van der Waals surface area (Å²) in [5.41, 5.74) is -3.59. The van der Waals surface area contributed by atoms with Crippen molar-refractivity contribution in [3.8, 4) is 5.75 Å². The van der Waals surface area contributed by atoms with Crippen LogP contribution in [0.15, 0.2) is 24.3 Å². The number of esters is 1. The number of hydrogen-bond donors (Lipinski definition) is 3. The molecule has 3 atom stereocenters. The Labute approximate surface area is 141 Å². The highest BCUT2D eigenvalue weighted by Crippen LogP contribution is 2.43. The summed E-state index contributed by atoms with van der Waals surface area (Å²) < 4.78 is 50.0. The lowest BCUT2D eigenvalue weighted by molar-refractivity contribution is -0.294. The second kappa shape index (κ2) is 6.79. The summed E-state index contributed by atoms with van der Waals surface area (Å²) in [4.78, 5) is 23.9. The zero-order valence-corrected chi connectivity index (χ0v) is 13.4. The lowest BCUT2D eigenvalue weighted by atomic mass is 9.82. The molecule has 0 unspecified atom stereocenters. The molecule has 10 heteroatoms. The van der Waals surface area contributed by atoms with Crippen LogP contribution in [0.25, 0.3) is 0 Å². The second-order valence-electron chi connectivity index (χ2n) is 5.34. The second-order valence-corrected chi connectivity index (χ2v) is 5.34. The number of amides is 2. The van der Waals surface area contributed by atoms with E-state index in [1.807, 2.05) is 0 Å². The third-order valence-corrected chi connectivity index (χ3v) is 3.82. The van der Waals surface area contributed by atoms with Gasteiger partial charge in [-0.3, -0.25) is 4.79 Å². The zero-order valence-electron chi connectivity index (χ0n) is 13.4. The van der Waals surface area contributed by atoms with Crippen LogP contribution in [-0.4, -0.2) is 42.7 Å². The number of carbonyl (C=O) groups excluding carboxylic acids is 2. The van der Waals surface area contributed by atoms with Gasteiger partial charge in [0.2, 0.25) is 0 Å². The van der Waals surface area contributed by atoms with E-state index in [0.717, 1.165) is 0 Å². The molecule has 0 saturated carbocycles. The molecule has 0 bridgehead atoms. The highest BCUT2D eigenvalue weighted by Gasteiger charge is 2.67. The molecule has 1 aliphatic heterocycles. The van der Waals surface area contributed by atoms with Crippen molar-refractivity contribution in [3.63, 3.8) is 0 Å². The number of benzene rings is 1. The molecule has 7 nitrogen and oxygen atoms in total. The van der Waals surface area contributed by atoms with Crippen LogP contribution in [0.3, 0.4) is 0 Å². The monoisotopic (exact) mass is 362 g/mol.